The molecule has 0 aromatic rings. The minimum atomic E-state index is -1.42. The van der Waals surface area contributed by atoms with Crippen molar-refractivity contribution in [1.82, 2.24) is 0 Å². The molecule has 4 heteroatoms. The third-order valence-corrected chi connectivity index (χ3v) is 1.15. The fourth-order valence-electron chi connectivity index (χ4n) is 0.372. The number of carbonyl (C=O) groups excluding carboxylic acids is 1. The van der Waals surface area contributed by atoms with E-state index in [0.717, 1.165) is 0 Å². The van der Waals surface area contributed by atoms with Crippen molar-refractivity contribution in [2.75, 3.05) is 6.61 Å². The van der Waals surface area contributed by atoms with E-state index >= 15 is 0 Å². The maximum atomic E-state index is 10.8. The van der Waals surface area contributed by atoms with E-state index in [4.69, 9.17) is 10.2 Å². The average Bonchev–Trinajstić information content (AvgIpc) is 2.02. The third-order valence-electron chi connectivity index (χ3n) is 1.15. The number of rotatable bonds is 3. The number of carbonyl (C=O) groups is 1. The van der Waals surface area contributed by atoms with Crippen LogP contribution in [0, 0.1) is 0 Å². The van der Waals surface area contributed by atoms with Crippen LogP contribution in [0.25, 0.3) is 0 Å². The van der Waals surface area contributed by atoms with E-state index in [9.17, 15) is 4.79 Å². The van der Waals surface area contributed by atoms with Crippen molar-refractivity contribution in [1.29, 1.82) is 0 Å². The Kier molecular flexibility index (Phi) is 4.49. The Bertz CT molecular complexity index is 162. The fourth-order valence-corrected chi connectivity index (χ4v) is 0.372. The van der Waals surface area contributed by atoms with Gasteiger partial charge in [0.15, 0.2) is 0 Å². The van der Waals surface area contributed by atoms with E-state index in [2.05, 4.69) is 4.74 Å². The van der Waals surface area contributed by atoms with E-state index in [1.807, 2.05) is 0 Å². The van der Waals surface area contributed by atoms with E-state index in [0.29, 0.717) is 5.57 Å². The maximum absolute atomic E-state index is 10.8. The van der Waals surface area contributed by atoms with Crippen LogP contribution in [0.1, 0.15) is 13.8 Å². The molecule has 0 aliphatic heterocycles. The second kappa shape index (κ2) is 4.87. The summed E-state index contributed by atoms with van der Waals surface area (Å²) >= 11 is 0. The van der Waals surface area contributed by atoms with Crippen LogP contribution in [-0.2, 0) is 9.53 Å². The standard InChI is InChI=1S/C7H12O4/c1-3-5(2)7(10)11-6(9)4-8/h3,6,8-9H,4H2,1-2H3. The molecular formula is C7H12O4. The highest BCUT2D eigenvalue weighted by Crippen LogP contribution is 1.97. The highest BCUT2D eigenvalue weighted by Gasteiger charge is 2.09. The molecule has 1 atom stereocenters. The van der Waals surface area contributed by atoms with Gasteiger partial charge in [0.05, 0.1) is 0 Å². The molecule has 0 aromatic heterocycles. The zero-order valence-corrected chi connectivity index (χ0v) is 6.57. The largest absolute Gasteiger partial charge is 0.430 e. The van der Waals surface area contributed by atoms with Crippen LogP contribution in [0.3, 0.4) is 0 Å². The lowest BCUT2D eigenvalue weighted by Gasteiger charge is -2.08. The Balaban J connectivity index is 3.88. The smallest absolute Gasteiger partial charge is 0.335 e. The number of esters is 1. The molecule has 0 aliphatic carbocycles. The second-order valence-electron chi connectivity index (χ2n) is 2.01. The molecular weight excluding hydrogens is 148 g/mol. The van der Waals surface area contributed by atoms with Crippen molar-refractivity contribution in [2.24, 2.45) is 0 Å². The Hall–Kier alpha value is -0.870. The van der Waals surface area contributed by atoms with Gasteiger partial charge in [-0.2, -0.15) is 0 Å². The van der Waals surface area contributed by atoms with Gasteiger partial charge >= 0.3 is 5.97 Å². The first-order chi connectivity index (χ1) is 5.11. The van der Waals surface area contributed by atoms with Crippen LogP contribution >= 0.6 is 0 Å². The minimum absolute atomic E-state index is 0.400. The van der Waals surface area contributed by atoms with Crippen molar-refractivity contribution in [3.05, 3.63) is 11.6 Å². The summed E-state index contributed by atoms with van der Waals surface area (Å²) in [6.07, 6.45) is 0.143. The predicted octanol–water partition coefficient (Wildman–Crippen LogP) is -0.194. The number of aliphatic hydroxyl groups excluding tert-OH is 2. The summed E-state index contributed by atoms with van der Waals surface area (Å²) in [5, 5.41) is 16.9. The highest BCUT2D eigenvalue weighted by atomic mass is 16.6. The Morgan fingerprint density at radius 3 is 2.64 bits per heavy atom. The van der Waals surface area contributed by atoms with Gasteiger partial charge in [0.1, 0.15) is 6.61 Å². The second-order valence-corrected chi connectivity index (χ2v) is 2.01. The van der Waals surface area contributed by atoms with Crippen molar-refractivity contribution in [3.63, 3.8) is 0 Å². The quantitative estimate of drug-likeness (QED) is 0.341. The molecule has 64 valence electrons. The molecule has 2 N–H and O–H groups in total. The van der Waals surface area contributed by atoms with Gasteiger partial charge in [-0.3, -0.25) is 0 Å². The summed E-state index contributed by atoms with van der Waals surface area (Å²) in [5.74, 6) is -0.617. The van der Waals surface area contributed by atoms with Crippen LogP contribution < -0.4 is 0 Å². The minimum Gasteiger partial charge on any atom is -0.430 e. The van der Waals surface area contributed by atoms with Crippen LogP contribution in [0.2, 0.25) is 0 Å². The summed E-state index contributed by atoms with van der Waals surface area (Å²) in [7, 11) is 0. The first-order valence-electron chi connectivity index (χ1n) is 3.24. The Morgan fingerprint density at radius 1 is 1.73 bits per heavy atom. The molecule has 0 saturated carbocycles. The molecule has 0 bridgehead atoms. The van der Waals surface area contributed by atoms with Gasteiger partial charge in [-0.05, 0) is 13.8 Å². The van der Waals surface area contributed by atoms with E-state index < -0.39 is 18.9 Å². The lowest BCUT2D eigenvalue weighted by Crippen LogP contribution is -2.21. The normalized spacial score (nSPS) is 14.4. The lowest BCUT2D eigenvalue weighted by atomic mass is 10.3. The van der Waals surface area contributed by atoms with Gasteiger partial charge in [-0.1, -0.05) is 6.08 Å². The number of allylic oxidation sites excluding steroid dienone is 1. The topological polar surface area (TPSA) is 66.8 Å². The molecule has 0 rings (SSSR count). The maximum Gasteiger partial charge on any atom is 0.335 e. The molecule has 0 aliphatic rings. The molecule has 0 aromatic carbocycles. The molecule has 0 amide bonds. The fraction of sp³-hybridized carbons (Fsp3) is 0.571. The number of hydrogen-bond acceptors (Lipinski definition) is 4. The first kappa shape index (κ1) is 10.1. The zero-order chi connectivity index (χ0) is 8.85. The van der Waals surface area contributed by atoms with Gasteiger partial charge in [0, 0.05) is 5.57 Å². The lowest BCUT2D eigenvalue weighted by molar-refractivity contribution is -0.168. The SMILES string of the molecule is CC=C(C)C(=O)OC(O)CO. The Labute approximate surface area is 65.1 Å². The highest BCUT2D eigenvalue weighted by molar-refractivity contribution is 5.87. The predicted molar refractivity (Wildman–Crippen MR) is 38.6 cm³/mol. The molecule has 4 nitrogen and oxygen atoms in total. The summed E-state index contributed by atoms with van der Waals surface area (Å²) < 4.78 is 4.35. The number of hydrogen-bond donors (Lipinski definition) is 2. The molecule has 1 unspecified atom stereocenters. The molecule has 11 heavy (non-hydrogen) atoms. The Morgan fingerprint density at radius 2 is 2.27 bits per heavy atom. The van der Waals surface area contributed by atoms with Gasteiger partial charge in [0.2, 0.25) is 6.29 Å². The van der Waals surface area contributed by atoms with E-state index in [-0.39, 0.29) is 0 Å². The summed E-state index contributed by atoms with van der Waals surface area (Å²) in [6, 6.07) is 0. The first-order valence-corrected chi connectivity index (χ1v) is 3.24. The molecule has 0 saturated heterocycles. The summed E-state index contributed by atoms with van der Waals surface area (Å²) in [6.45, 7) is 2.66. The van der Waals surface area contributed by atoms with Crippen molar-refractivity contribution >= 4 is 5.97 Å². The van der Waals surface area contributed by atoms with Crippen LogP contribution in [0.4, 0.5) is 0 Å². The molecule has 0 spiro atoms. The molecule has 0 heterocycles. The van der Waals surface area contributed by atoms with Crippen LogP contribution in [0.5, 0.6) is 0 Å². The third kappa shape index (κ3) is 3.75. The monoisotopic (exact) mass is 160 g/mol. The van der Waals surface area contributed by atoms with Gasteiger partial charge in [-0.25, -0.2) is 4.79 Å². The summed E-state index contributed by atoms with van der Waals surface area (Å²) in [5.41, 5.74) is 0.400. The summed E-state index contributed by atoms with van der Waals surface area (Å²) in [4.78, 5) is 10.8. The van der Waals surface area contributed by atoms with Gasteiger partial charge in [-0.15, -0.1) is 0 Å². The van der Waals surface area contributed by atoms with Crippen LogP contribution in [-0.4, -0.2) is 29.1 Å². The number of ether oxygens (including phenoxy) is 1. The number of aliphatic hydroxyl groups is 2. The molecule has 0 fully saturated rings. The van der Waals surface area contributed by atoms with Crippen molar-refractivity contribution < 1.29 is 19.7 Å². The van der Waals surface area contributed by atoms with E-state index in [1.165, 1.54) is 0 Å². The molecule has 0 radical (unpaired) electrons. The van der Waals surface area contributed by atoms with Crippen molar-refractivity contribution in [3.8, 4) is 0 Å². The van der Waals surface area contributed by atoms with E-state index in [1.54, 1.807) is 19.9 Å². The zero-order valence-electron chi connectivity index (χ0n) is 6.57. The van der Waals surface area contributed by atoms with Gasteiger partial charge < -0.3 is 14.9 Å². The average molecular weight is 160 g/mol. The van der Waals surface area contributed by atoms with Crippen molar-refractivity contribution in [2.45, 2.75) is 20.1 Å². The van der Waals surface area contributed by atoms with Gasteiger partial charge in [0.25, 0.3) is 0 Å². The van der Waals surface area contributed by atoms with Crippen LogP contribution in [0.15, 0.2) is 11.6 Å².